The van der Waals surface area contributed by atoms with Crippen molar-refractivity contribution in [3.63, 3.8) is 0 Å². The summed E-state index contributed by atoms with van der Waals surface area (Å²) < 4.78 is 9.66. The Morgan fingerprint density at radius 1 is 1.62 bits per heavy atom. The van der Waals surface area contributed by atoms with Gasteiger partial charge in [0.05, 0.1) is 11.9 Å². The van der Waals surface area contributed by atoms with Crippen LogP contribution < -0.4 is 0 Å². The number of hydrogen-bond donors (Lipinski definition) is 0. The average Bonchev–Trinajstić information content (AvgIpc) is 2.80. The van der Waals surface area contributed by atoms with Crippen molar-refractivity contribution in [3.8, 4) is 0 Å². The Hall–Kier alpha value is -0.690. The van der Waals surface area contributed by atoms with Gasteiger partial charge < -0.3 is 9.26 Å². The van der Waals surface area contributed by atoms with Crippen LogP contribution in [-0.2, 0) is 4.74 Å². The van der Waals surface area contributed by atoms with Crippen molar-refractivity contribution in [2.45, 2.75) is 12.2 Å². The van der Waals surface area contributed by atoms with Gasteiger partial charge in [-0.1, -0.05) is 5.16 Å². The highest BCUT2D eigenvalue weighted by Crippen LogP contribution is 2.35. The third-order valence-electron chi connectivity index (χ3n) is 2.00. The van der Waals surface area contributed by atoms with E-state index >= 15 is 0 Å². The zero-order valence-electron chi connectivity index (χ0n) is 8.84. The van der Waals surface area contributed by atoms with Crippen molar-refractivity contribution < 1.29 is 14.1 Å². The molecule has 1 saturated heterocycles. The summed E-state index contributed by atoms with van der Waals surface area (Å²) in [5.41, 5.74) is 0. The van der Waals surface area contributed by atoms with Crippen LogP contribution in [0.25, 0.3) is 0 Å². The number of carbonyl (C=O) groups is 1. The van der Waals surface area contributed by atoms with Crippen LogP contribution in [0.5, 0.6) is 0 Å². The zero-order valence-corrected chi connectivity index (χ0v) is 10.5. The Kier molecular flexibility index (Phi) is 4.11. The fourth-order valence-electron chi connectivity index (χ4n) is 1.28. The molecule has 0 N–H and O–H groups in total. The quantitative estimate of drug-likeness (QED) is 0.767. The molecule has 5 nitrogen and oxygen atoms in total. The fraction of sp³-hybridized carbons (Fsp3) is 0.667. The first-order chi connectivity index (χ1) is 7.81. The first-order valence-corrected chi connectivity index (χ1v) is 7.21. The molecule has 0 amide bonds. The minimum Gasteiger partial charge on any atom is -0.459 e. The van der Waals surface area contributed by atoms with E-state index in [4.69, 9.17) is 9.26 Å². The Morgan fingerprint density at radius 2 is 2.50 bits per heavy atom. The smallest absolute Gasteiger partial charge is 0.397 e. The van der Waals surface area contributed by atoms with Gasteiger partial charge in [-0.2, -0.15) is 16.7 Å². The standard InChI is InChI=1S/C9H12N2O3S2/c1-2-13-9(12)8-10-7(11-14-8)6-5-15-3-4-16-6/h6H,2-5H2,1H3. The molecule has 7 heteroatoms. The molecule has 2 rings (SSSR count). The van der Waals surface area contributed by atoms with Gasteiger partial charge in [-0.25, -0.2) is 4.79 Å². The van der Waals surface area contributed by atoms with E-state index in [1.165, 1.54) is 0 Å². The van der Waals surface area contributed by atoms with Crippen LogP contribution in [0.15, 0.2) is 4.52 Å². The van der Waals surface area contributed by atoms with Crippen LogP contribution in [0.4, 0.5) is 0 Å². The van der Waals surface area contributed by atoms with Gasteiger partial charge in [0.25, 0.3) is 0 Å². The van der Waals surface area contributed by atoms with Crippen molar-refractivity contribution >= 4 is 29.5 Å². The predicted molar refractivity (Wildman–Crippen MR) is 62.8 cm³/mol. The predicted octanol–water partition coefficient (Wildman–Crippen LogP) is 1.77. The topological polar surface area (TPSA) is 65.2 Å². The van der Waals surface area contributed by atoms with E-state index in [2.05, 4.69) is 10.1 Å². The summed E-state index contributed by atoms with van der Waals surface area (Å²) in [5, 5.41) is 4.05. The molecule has 1 aliphatic heterocycles. The lowest BCUT2D eigenvalue weighted by atomic mass is 10.4. The molecular weight excluding hydrogens is 248 g/mol. The lowest BCUT2D eigenvalue weighted by Gasteiger charge is -2.16. The Bertz CT molecular complexity index is 363. The van der Waals surface area contributed by atoms with Gasteiger partial charge in [0, 0.05) is 17.3 Å². The molecular formula is C9H12N2O3S2. The number of hydrogen-bond acceptors (Lipinski definition) is 7. The van der Waals surface area contributed by atoms with Gasteiger partial charge in [0.2, 0.25) is 0 Å². The fourth-order valence-corrected chi connectivity index (χ4v) is 3.87. The van der Waals surface area contributed by atoms with E-state index in [0.717, 1.165) is 17.3 Å². The number of esters is 1. The second kappa shape index (κ2) is 5.58. The summed E-state index contributed by atoms with van der Waals surface area (Å²) in [6.45, 7) is 2.05. The maximum absolute atomic E-state index is 11.3. The maximum atomic E-state index is 11.3. The summed E-state index contributed by atoms with van der Waals surface area (Å²) in [6.07, 6.45) is 0. The van der Waals surface area contributed by atoms with Crippen LogP contribution in [0, 0.1) is 0 Å². The van der Waals surface area contributed by atoms with E-state index in [1.807, 2.05) is 11.8 Å². The van der Waals surface area contributed by atoms with Crippen molar-refractivity contribution in [2.75, 3.05) is 23.9 Å². The molecule has 1 unspecified atom stereocenters. The first kappa shape index (κ1) is 11.8. The normalized spacial score (nSPS) is 20.7. The summed E-state index contributed by atoms with van der Waals surface area (Å²) in [7, 11) is 0. The number of aromatic nitrogens is 2. The van der Waals surface area contributed by atoms with Crippen molar-refractivity contribution in [3.05, 3.63) is 11.7 Å². The number of thioether (sulfide) groups is 2. The van der Waals surface area contributed by atoms with Gasteiger partial charge in [0.15, 0.2) is 5.82 Å². The Morgan fingerprint density at radius 3 is 3.19 bits per heavy atom. The third-order valence-corrected chi connectivity index (χ3v) is 4.75. The maximum Gasteiger partial charge on any atom is 0.397 e. The molecule has 1 fully saturated rings. The molecule has 16 heavy (non-hydrogen) atoms. The zero-order chi connectivity index (χ0) is 11.4. The van der Waals surface area contributed by atoms with Crippen LogP contribution in [0.1, 0.15) is 28.7 Å². The highest BCUT2D eigenvalue weighted by atomic mass is 32.2. The van der Waals surface area contributed by atoms with E-state index < -0.39 is 5.97 Å². The second-order valence-electron chi connectivity index (χ2n) is 3.11. The molecule has 2 heterocycles. The highest BCUT2D eigenvalue weighted by Gasteiger charge is 2.24. The summed E-state index contributed by atoms with van der Waals surface area (Å²) in [4.78, 5) is 15.4. The second-order valence-corrected chi connectivity index (χ2v) is 5.57. The van der Waals surface area contributed by atoms with Crippen molar-refractivity contribution in [1.29, 1.82) is 0 Å². The van der Waals surface area contributed by atoms with Gasteiger partial charge in [0.1, 0.15) is 0 Å². The minimum absolute atomic E-state index is 0.0481. The van der Waals surface area contributed by atoms with Gasteiger partial charge in [-0.05, 0) is 6.92 Å². The van der Waals surface area contributed by atoms with E-state index in [1.54, 1.807) is 18.7 Å². The van der Waals surface area contributed by atoms with Gasteiger partial charge in [-0.3, -0.25) is 0 Å². The van der Waals surface area contributed by atoms with Crippen molar-refractivity contribution in [1.82, 2.24) is 10.1 Å². The summed E-state index contributed by atoms with van der Waals surface area (Å²) >= 11 is 3.66. The van der Waals surface area contributed by atoms with Crippen LogP contribution >= 0.6 is 23.5 Å². The largest absolute Gasteiger partial charge is 0.459 e. The molecule has 0 saturated carbocycles. The van der Waals surface area contributed by atoms with Crippen LogP contribution in [0.3, 0.4) is 0 Å². The lowest BCUT2D eigenvalue weighted by Crippen LogP contribution is -2.09. The molecule has 0 radical (unpaired) electrons. The monoisotopic (exact) mass is 260 g/mol. The number of nitrogens with zero attached hydrogens (tertiary/aromatic N) is 2. The molecule has 0 spiro atoms. The highest BCUT2D eigenvalue weighted by molar-refractivity contribution is 8.06. The molecule has 88 valence electrons. The number of ether oxygens (including phenoxy) is 1. The molecule has 1 atom stereocenters. The number of rotatable bonds is 3. The Labute approximate surface area is 102 Å². The Balaban J connectivity index is 2.03. The minimum atomic E-state index is -0.547. The van der Waals surface area contributed by atoms with Gasteiger partial charge in [-0.15, -0.1) is 11.8 Å². The molecule has 1 aromatic rings. The SMILES string of the molecule is CCOC(=O)c1nc(C2CSCCS2)no1. The van der Waals surface area contributed by atoms with E-state index in [-0.39, 0.29) is 11.1 Å². The van der Waals surface area contributed by atoms with Crippen molar-refractivity contribution in [2.24, 2.45) is 0 Å². The molecule has 0 bridgehead atoms. The average molecular weight is 260 g/mol. The number of carbonyl (C=O) groups excluding carboxylic acids is 1. The molecule has 1 aliphatic rings. The molecule has 0 aromatic carbocycles. The molecule has 1 aromatic heterocycles. The van der Waals surface area contributed by atoms with Crippen LogP contribution in [0.2, 0.25) is 0 Å². The lowest BCUT2D eigenvalue weighted by molar-refractivity contribution is 0.0470. The van der Waals surface area contributed by atoms with E-state index in [0.29, 0.717) is 12.4 Å². The summed E-state index contributed by atoms with van der Waals surface area (Å²) in [6, 6.07) is 0. The molecule has 0 aliphatic carbocycles. The third kappa shape index (κ3) is 2.70. The first-order valence-electron chi connectivity index (χ1n) is 5.01. The van der Waals surface area contributed by atoms with Gasteiger partial charge >= 0.3 is 11.9 Å². The van der Waals surface area contributed by atoms with E-state index in [9.17, 15) is 4.79 Å². The van der Waals surface area contributed by atoms with Crippen LogP contribution in [-0.4, -0.2) is 40.0 Å². The summed E-state index contributed by atoms with van der Waals surface area (Å²) in [5.74, 6) is 3.21.